The molecule has 0 atom stereocenters. The van der Waals surface area contributed by atoms with E-state index in [4.69, 9.17) is 5.73 Å². The first-order chi connectivity index (χ1) is 15.8. The van der Waals surface area contributed by atoms with Gasteiger partial charge in [-0.2, -0.15) is 23.7 Å². The predicted molar refractivity (Wildman–Crippen MR) is 118 cm³/mol. The van der Waals surface area contributed by atoms with E-state index in [1.54, 1.807) is 6.07 Å². The van der Waals surface area contributed by atoms with E-state index in [9.17, 15) is 23.7 Å². The number of anilines is 1. The Bertz CT molecular complexity index is 1260. The summed E-state index contributed by atoms with van der Waals surface area (Å²) in [5.74, 6) is -0.0775. The van der Waals surface area contributed by atoms with Crippen LogP contribution in [0.15, 0.2) is 48.5 Å². The summed E-state index contributed by atoms with van der Waals surface area (Å²) in [5.41, 5.74) is 7.79. The first-order valence-corrected chi connectivity index (χ1v) is 10.4. The molecule has 4 rings (SSSR count). The lowest BCUT2D eigenvalue weighted by Gasteiger charge is -2.17. The van der Waals surface area contributed by atoms with Crippen molar-refractivity contribution in [3.05, 3.63) is 70.8 Å². The quantitative estimate of drug-likeness (QED) is 0.582. The molecule has 2 aromatic carbocycles. The molecule has 8 heteroatoms. The highest BCUT2D eigenvalue weighted by Crippen LogP contribution is 2.38. The third-order valence-corrected chi connectivity index (χ3v) is 5.75. The monoisotopic (exact) mass is 447 g/mol. The first-order valence-electron chi connectivity index (χ1n) is 10.4. The molecule has 0 saturated carbocycles. The number of hydrogen-bond donors (Lipinski definition) is 1. The van der Waals surface area contributed by atoms with Crippen LogP contribution >= 0.6 is 0 Å². The van der Waals surface area contributed by atoms with Crippen LogP contribution in [0.1, 0.15) is 35.1 Å². The van der Waals surface area contributed by atoms with Crippen LogP contribution in [0, 0.1) is 22.7 Å². The van der Waals surface area contributed by atoms with Gasteiger partial charge in [0.25, 0.3) is 0 Å². The zero-order valence-corrected chi connectivity index (χ0v) is 17.7. The van der Waals surface area contributed by atoms with E-state index in [0.717, 1.165) is 37.3 Å². The van der Waals surface area contributed by atoms with Crippen LogP contribution in [0.3, 0.4) is 0 Å². The summed E-state index contributed by atoms with van der Waals surface area (Å²) in [6.07, 6.45) is -2.15. The molecule has 0 aliphatic carbocycles. The molecule has 1 fully saturated rings. The summed E-state index contributed by atoms with van der Waals surface area (Å²) in [6.45, 7) is 2.84. The number of nitrogen functional groups attached to an aromatic ring is 1. The van der Waals surface area contributed by atoms with E-state index in [2.05, 4.69) is 16.0 Å². The molecule has 2 heterocycles. The van der Waals surface area contributed by atoms with Crippen molar-refractivity contribution in [1.29, 1.82) is 10.5 Å². The van der Waals surface area contributed by atoms with Gasteiger partial charge in [-0.05, 0) is 55.3 Å². The Hall–Kier alpha value is -3.88. The minimum atomic E-state index is -4.49. The van der Waals surface area contributed by atoms with Gasteiger partial charge in [0.2, 0.25) is 0 Å². The summed E-state index contributed by atoms with van der Waals surface area (Å²) in [4.78, 5) is 6.69. The zero-order valence-electron chi connectivity index (χ0n) is 17.7. The number of benzene rings is 2. The SMILES string of the molecule is N#Cc1c(N)nc(-c2cccc(CN3CCCC3)c2)c(C#N)c1-c1ccc(C(F)(F)F)cc1. The second kappa shape index (κ2) is 8.93. The van der Waals surface area contributed by atoms with E-state index in [1.165, 1.54) is 25.0 Å². The van der Waals surface area contributed by atoms with Crippen LogP contribution in [-0.4, -0.2) is 23.0 Å². The van der Waals surface area contributed by atoms with Crippen LogP contribution in [0.25, 0.3) is 22.4 Å². The van der Waals surface area contributed by atoms with Gasteiger partial charge in [-0.3, -0.25) is 4.90 Å². The maximum Gasteiger partial charge on any atom is 0.416 e. The van der Waals surface area contributed by atoms with Gasteiger partial charge >= 0.3 is 6.18 Å². The maximum absolute atomic E-state index is 13.0. The second-order valence-electron chi connectivity index (χ2n) is 7.95. The first kappa shape index (κ1) is 22.3. The van der Waals surface area contributed by atoms with Gasteiger partial charge in [0, 0.05) is 17.7 Å². The third kappa shape index (κ3) is 4.52. The fourth-order valence-electron chi connectivity index (χ4n) is 4.17. The summed E-state index contributed by atoms with van der Waals surface area (Å²) >= 11 is 0. The minimum Gasteiger partial charge on any atom is -0.383 e. The average molecular weight is 447 g/mol. The fourth-order valence-corrected chi connectivity index (χ4v) is 4.17. The van der Waals surface area contributed by atoms with Crippen LogP contribution < -0.4 is 5.73 Å². The molecule has 0 radical (unpaired) electrons. The highest BCUT2D eigenvalue weighted by Gasteiger charge is 2.30. The molecule has 166 valence electrons. The maximum atomic E-state index is 13.0. The summed E-state index contributed by atoms with van der Waals surface area (Å²) in [6, 6.07) is 16.0. The van der Waals surface area contributed by atoms with Crippen molar-refractivity contribution in [2.24, 2.45) is 0 Å². The summed E-state index contributed by atoms with van der Waals surface area (Å²) in [7, 11) is 0. The van der Waals surface area contributed by atoms with Crippen LogP contribution in [0.4, 0.5) is 19.0 Å². The molecule has 5 nitrogen and oxygen atoms in total. The van der Waals surface area contributed by atoms with Gasteiger partial charge < -0.3 is 5.73 Å². The van der Waals surface area contributed by atoms with E-state index in [-0.39, 0.29) is 22.5 Å². The fraction of sp³-hybridized carbons (Fsp3) is 0.240. The molecule has 33 heavy (non-hydrogen) atoms. The lowest BCUT2D eigenvalue weighted by molar-refractivity contribution is -0.137. The van der Waals surface area contributed by atoms with Gasteiger partial charge in [-0.25, -0.2) is 4.98 Å². The van der Waals surface area contributed by atoms with Crippen molar-refractivity contribution in [2.75, 3.05) is 18.8 Å². The molecule has 1 aromatic heterocycles. The number of aromatic nitrogens is 1. The Morgan fingerprint density at radius 1 is 0.939 bits per heavy atom. The van der Waals surface area contributed by atoms with Crippen molar-refractivity contribution < 1.29 is 13.2 Å². The van der Waals surface area contributed by atoms with Crippen molar-refractivity contribution in [1.82, 2.24) is 9.88 Å². The lowest BCUT2D eigenvalue weighted by Crippen LogP contribution is -2.18. The Kier molecular flexibility index (Phi) is 6.04. The largest absolute Gasteiger partial charge is 0.416 e. The smallest absolute Gasteiger partial charge is 0.383 e. The number of nitrogens with two attached hydrogens (primary N) is 1. The normalized spacial score (nSPS) is 14.1. The molecule has 1 saturated heterocycles. The molecule has 0 spiro atoms. The molecule has 1 aliphatic rings. The molecular weight excluding hydrogens is 427 g/mol. The van der Waals surface area contributed by atoms with Gasteiger partial charge in [0.15, 0.2) is 0 Å². The molecule has 2 N–H and O–H groups in total. The van der Waals surface area contributed by atoms with Crippen molar-refractivity contribution in [3.8, 4) is 34.5 Å². The summed E-state index contributed by atoms with van der Waals surface area (Å²) in [5, 5.41) is 19.7. The number of nitriles is 2. The van der Waals surface area contributed by atoms with Crippen LogP contribution in [-0.2, 0) is 12.7 Å². The average Bonchev–Trinajstić information content (AvgIpc) is 3.31. The highest BCUT2D eigenvalue weighted by molar-refractivity contribution is 5.87. The highest BCUT2D eigenvalue weighted by atomic mass is 19.4. The molecule has 0 amide bonds. The number of pyridine rings is 1. The standard InChI is InChI=1S/C25H20F3N5/c26-25(27,28)19-8-6-17(7-9-19)22-20(13-29)23(32-24(31)21(22)14-30)18-5-3-4-16(12-18)15-33-10-1-2-11-33/h3-9,12H,1-2,10-11,15H2,(H2,31,32). The number of alkyl halides is 3. The van der Waals surface area contributed by atoms with Crippen LogP contribution in [0.5, 0.6) is 0 Å². The predicted octanol–water partition coefficient (Wildman–Crippen LogP) is 5.36. The number of rotatable bonds is 4. The Balaban J connectivity index is 1.84. The Labute approximate surface area is 189 Å². The minimum absolute atomic E-state index is 0.0386. The Morgan fingerprint density at radius 2 is 1.61 bits per heavy atom. The molecular formula is C25H20F3N5. The topological polar surface area (TPSA) is 89.7 Å². The van der Waals surface area contributed by atoms with Crippen molar-refractivity contribution in [3.63, 3.8) is 0 Å². The lowest BCUT2D eigenvalue weighted by atomic mass is 9.91. The second-order valence-corrected chi connectivity index (χ2v) is 7.95. The van der Waals surface area contributed by atoms with E-state index >= 15 is 0 Å². The zero-order chi connectivity index (χ0) is 23.6. The van der Waals surface area contributed by atoms with Gasteiger partial charge in [-0.15, -0.1) is 0 Å². The van der Waals surface area contributed by atoms with Gasteiger partial charge in [0.1, 0.15) is 23.5 Å². The van der Waals surface area contributed by atoms with Crippen LogP contribution in [0.2, 0.25) is 0 Å². The Morgan fingerprint density at radius 3 is 2.21 bits per heavy atom. The number of nitrogens with zero attached hydrogens (tertiary/aromatic N) is 4. The summed E-state index contributed by atoms with van der Waals surface area (Å²) < 4.78 is 39.0. The van der Waals surface area contributed by atoms with E-state index in [1.807, 2.05) is 24.3 Å². The van der Waals surface area contributed by atoms with Gasteiger partial charge in [0.05, 0.1) is 16.8 Å². The third-order valence-electron chi connectivity index (χ3n) is 5.75. The van der Waals surface area contributed by atoms with E-state index < -0.39 is 11.7 Å². The molecule has 3 aromatic rings. The molecule has 1 aliphatic heterocycles. The van der Waals surface area contributed by atoms with Gasteiger partial charge in [-0.1, -0.05) is 30.3 Å². The number of hydrogen-bond acceptors (Lipinski definition) is 5. The van der Waals surface area contributed by atoms with Crippen molar-refractivity contribution in [2.45, 2.75) is 25.6 Å². The molecule has 0 unspecified atom stereocenters. The number of halogens is 3. The number of likely N-dealkylation sites (tertiary alicyclic amines) is 1. The van der Waals surface area contributed by atoms with E-state index in [0.29, 0.717) is 16.8 Å². The molecule has 0 bridgehead atoms. The van der Waals surface area contributed by atoms with Crippen molar-refractivity contribution >= 4 is 5.82 Å².